The maximum absolute atomic E-state index is 13.3. The van der Waals surface area contributed by atoms with Crippen LogP contribution >= 0.6 is 0 Å². The second-order valence-electron chi connectivity index (χ2n) is 6.45. The molecule has 23 heavy (non-hydrogen) atoms. The fourth-order valence-corrected chi connectivity index (χ4v) is 2.78. The minimum Gasteiger partial charge on any atom is -0.462 e. The number of fused-ring (bicyclic) bond motifs is 1. The number of halogens is 1. The van der Waals surface area contributed by atoms with E-state index in [9.17, 15) is 18.8 Å². The zero-order chi connectivity index (χ0) is 16.8. The van der Waals surface area contributed by atoms with Crippen molar-refractivity contribution in [3.05, 3.63) is 29.6 Å². The van der Waals surface area contributed by atoms with E-state index in [0.29, 0.717) is 5.56 Å². The summed E-state index contributed by atoms with van der Waals surface area (Å²) in [5, 5.41) is 2.53. The molecule has 1 saturated heterocycles. The van der Waals surface area contributed by atoms with E-state index in [4.69, 9.17) is 9.47 Å². The van der Waals surface area contributed by atoms with Crippen molar-refractivity contribution in [3.8, 4) is 0 Å². The summed E-state index contributed by atoms with van der Waals surface area (Å²) in [5.41, 5.74) is 0.0894. The fraction of sp³-hybridized carbons (Fsp3) is 0.438. The summed E-state index contributed by atoms with van der Waals surface area (Å²) in [7, 11) is 0. The predicted octanol–water partition coefficient (Wildman–Crippen LogP) is 1.75. The number of nitrogens with one attached hydrogen (secondary N) is 1. The summed E-state index contributed by atoms with van der Waals surface area (Å²) >= 11 is 0. The maximum Gasteiger partial charge on any atom is 0.348 e. The van der Waals surface area contributed by atoms with Crippen molar-refractivity contribution in [2.75, 3.05) is 11.9 Å². The first-order valence-corrected chi connectivity index (χ1v) is 7.24. The van der Waals surface area contributed by atoms with Crippen LogP contribution in [0.25, 0.3) is 0 Å². The summed E-state index contributed by atoms with van der Waals surface area (Å²) in [6.45, 7) is 3.68. The molecule has 1 aromatic rings. The van der Waals surface area contributed by atoms with Gasteiger partial charge in [-0.2, -0.15) is 0 Å². The lowest BCUT2D eigenvalue weighted by atomic mass is 9.88. The highest BCUT2D eigenvalue weighted by atomic mass is 19.1. The Morgan fingerprint density at radius 2 is 2.13 bits per heavy atom. The first kappa shape index (κ1) is 15.5. The summed E-state index contributed by atoms with van der Waals surface area (Å²) in [5.74, 6) is -3.08. The van der Waals surface area contributed by atoms with Crippen LogP contribution in [0.5, 0.6) is 0 Å². The number of benzene rings is 1. The van der Waals surface area contributed by atoms with Crippen molar-refractivity contribution in [3.63, 3.8) is 0 Å². The minimum absolute atomic E-state index is 0.111. The van der Waals surface area contributed by atoms with Crippen LogP contribution in [0.2, 0.25) is 0 Å². The van der Waals surface area contributed by atoms with Gasteiger partial charge >= 0.3 is 11.9 Å². The molecule has 0 saturated carbocycles. The Morgan fingerprint density at radius 3 is 2.78 bits per heavy atom. The molecule has 122 valence electrons. The molecular weight excluding hydrogens is 305 g/mol. The van der Waals surface area contributed by atoms with E-state index >= 15 is 0 Å². The van der Waals surface area contributed by atoms with Crippen molar-refractivity contribution in [1.82, 2.24) is 0 Å². The van der Waals surface area contributed by atoms with Crippen molar-refractivity contribution in [2.24, 2.45) is 5.41 Å². The molecule has 1 N–H and O–H groups in total. The van der Waals surface area contributed by atoms with Crippen molar-refractivity contribution in [2.45, 2.75) is 32.3 Å². The molecular formula is C16H16FNO5. The van der Waals surface area contributed by atoms with Gasteiger partial charge < -0.3 is 14.8 Å². The Morgan fingerprint density at radius 1 is 1.39 bits per heavy atom. The quantitative estimate of drug-likeness (QED) is 0.839. The van der Waals surface area contributed by atoms with Crippen molar-refractivity contribution >= 4 is 23.5 Å². The van der Waals surface area contributed by atoms with Gasteiger partial charge in [0, 0.05) is 17.5 Å². The van der Waals surface area contributed by atoms with E-state index in [1.807, 2.05) is 0 Å². The Kier molecular flexibility index (Phi) is 3.58. The van der Waals surface area contributed by atoms with E-state index in [2.05, 4.69) is 5.32 Å². The van der Waals surface area contributed by atoms with E-state index in [1.54, 1.807) is 13.8 Å². The van der Waals surface area contributed by atoms with Crippen LogP contribution in [-0.4, -0.2) is 30.6 Å². The van der Waals surface area contributed by atoms with Crippen molar-refractivity contribution < 1.29 is 28.2 Å². The van der Waals surface area contributed by atoms with E-state index < -0.39 is 41.1 Å². The summed E-state index contributed by atoms with van der Waals surface area (Å²) in [6.07, 6.45) is -1.12. The van der Waals surface area contributed by atoms with Gasteiger partial charge in [0.2, 0.25) is 12.0 Å². The second-order valence-corrected chi connectivity index (χ2v) is 6.45. The molecule has 6 nitrogen and oxygen atoms in total. The third-order valence-electron chi connectivity index (χ3n) is 4.08. The standard InChI is InChI=1S/C16H16FNO5/c1-16(2)7-22-15(21)13(16)23-14(20)10-6-12(19)18-11-5-8(17)3-4-9(10)11/h3-5,10,13H,6-7H2,1-2H3,(H,18,19)/t10-,13-/m0/s1. The number of esters is 2. The summed E-state index contributed by atoms with van der Waals surface area (Å²) in [4.78, 5) is 36.0. The molecule has 0 unspecified atom stereocenters. The second kappa shape index (κ2) is 5.33. The molecule has 0 aliphatic carbocycles. The van der Waals surface area contributed by atoms with Gasteiger partial charge in [-0.05, 0) is 17.7 Å². The monoisotopic (exact) mass is 321 g/mol. The molecule has 2 atom stereocenters. The van der Waals surface area contributed by atoms with Gasteiger partial charge in [0.25, 0.3) is 0 Å². The van der Waals surface area contributed by atoms with Gasteiger partial charge in [-0.3, -0.25) is 9.59 Å². The lowest BCUT2D eigenvalue weighted by molar-refractivity contribution is -0.164. The lowest BCUT2D eigenvalue weighted by Crippen LogP contribution is -2.38. The Hall–Kier alpha value is -2.44. The summed E-state index contributed by atoms with van der Waals surface area (Å²) < 4.78 is 23.6. The largest absolute Gasteiger partial charge is 0.462 e. The van der Waals surface area contributed by atoms with Gasteiger partial charge in [-0.15, -0.1) is 0 Å². The molecule has 2 aliphatic heterocycles. The van der Waals surface area contributed by atoms with Crippen LogP contribution in [0.3, 0.4) is 0 Å². The van der Waals surface area contributed by atoms with Crippen LogP contribution in [0.1, 0.15) is 31.7 Å². The Balaban J connectivity index is 1.86. The number of rotatable bonds is 2. The third-order valence-corrected chi connectivity index (χ3v) is 4.08. The molecule has 0 radical (unpaired) electrons. The van der Waals surface area contributed by atoms with E-state index in [0.717, 1.165) is 6.07 Å². The lowest BCUT2D eigenvalue weighted by Gasteiger charge is -2.27. The van der Waals surface area contributed by atoms with Gasteiger partial charge in [-0.25, -0.2) is 9.18 Å². The minimum atomic E-state index is -1.01. The number of amides is 1. The van der Waals surface area contributed by atoms with E-state index in [1.165, 1.54) is 12.1 Å². The number of carbonyl (C=O) groups is 3. The number of hydrogen-bond acceptors (Lipinski definition) is 5. The molecule has 2 aliphatic rings. The van der Waals surface area contributed by atoms with Gasteiger partial charge in [0.05, 0.1) is 5.92 Å². The number of anilines is 1. The molecule has 1 aromatic carbocycles. The average molecular weight is 321 g/mol. The zero-order valence-electron chi connectivity index (χ0n) is 12.7. The molecule has 1 amide bonds. The topological polar surface area (TPSA) is 81.7 Å². The molecule has 2 heterocycles. The number of cyclic esters (lactones) is 1. The number of carbonyl (C=O) groups excluding carboxylic acids is 3. The smallest absolute Gasteiger partial charge is 0.348 e. The first-order chi connectivity index (χ1) is 10.8. The molecule has 7 heteroatoms. The van der Waals surface area contributed by atoms with Crippen LogP contribution in [0.4, 0.5) is 10.1 Å². The van der Waals surface area contributed by atoms with Crippen LogP contribution in [0.15, 0.2) is 18.2 Å². The molecule has 0 bridgehead atoms. The van der Waals surface area contributed by atoms with Gasteiger partial charge in [0.15, 0.2) is 0 Å². The highest BCUT2D eigenvalue weighted by Crippen LogP contribution is 2.36. The fourth-order valence-electron chi connectivity index (χ4n) is 2.78. The summed E-state index contributed by atoms with van der Waals surface area (Å²) in [6, 6.07) is 3.80. The highest BCUT2D eigenvalue weighted by Gasteiger charge is 2.47. The average Bonchev–Trinajstić information content (AvgIpc) is 2.72. The third kappa shape index (κ3) is 2.78. The van der Waals surface area contributed by atoms with Gasteiger partial charge in [-0.1, -0.05) is 19.9 Å². The van der Waals surface area contributed by atoms with Crippen LogP contribution in [0, 0.1) is 11.2 Å². The molecule has 3 rings (SSSR count). The van der Waals surface area contributed by atoms with E-state index in [-0.39, 0.29) is 18.7 Å². The predicted molar refractivity (Wildman–Crippen MR) is 77.0 cm³/mol. The van der Waals surface area contributed by atoms with Crippen LogP contribution < -0.4 is 5.32 Å². The SMILES string of the molecule is CC1(C)COC(=O)[C@@H]1OC(=O)[C@H]1CC(=O)Nc2cc(F)ccc21. The normalized spacial score (nSPS) is 25.3. The number of ether oxygens (including phenoxy) is 2. The molecule has 0 aromatic heterocycles. The zero-order valence-corrected chi connectivity index (χ0v) is 12.7. The number of hydrogen-bond donors (Lipinski definition) is 1. The molecule has 1 fully saturated rings. The Labute approximate surface area is 131 Å². The van der Waals surface area contributed by atoms with Gasteiger partial charge in [0.1, 0.15) is 12.4 Å². The van der Waals surface area contributed by atoms with Crippen molar-refractivity contribution in [1.29, 1.82) is 0 Å². The maximum atomic E-state index is 13.3. The highest BCUT2D eigenvalue weighted by molar-refractivity contribution is 6.00. The first-order valence-electron chi connectivity index (χ1n) is 7.24. The molecule has 0 spiro atoms. The van der Waals surface area contributed by atoms with Crippen LogP contribution in [-0.2, 0) is 23.9 Å². The Bertz CT molecular complexity index is 700.